The fourth-order valence-electron chi connectivity index (χ4n) is 2.17. The molecule has 1 aromatic rings. The zero-order chi connectivity index (χ0) is 12.3. The monoisotopic (exact) mass is 418 g/mol. The van der Waals surface area contributed by atoms with E-state index < -0.39 is 0 Å². The van der Waals surface area contributed by atoms with Crippen molar-refractivity contribution in [2.45, 2.75) is 6.04 Å². The normalized spacial score (nSPS) is 16.9. The lowest BCUT2D eigenvalue weighted by atomic mass is 10.0. The Morgan fingerprint density at radius 2 is 1.95 bits per heavy atom. The summed E-state index contributed by atoms with van der Waals surface area (Å²) >= 11 is 2.21. The van der Waals surface area contributed by atoms with Crippen molar-refractivity contribution < 1.29 is 4.39 Å². The van der Waals surface area contributed by atoms with Gasteiger partial charge in [0.15, 0.2) is 0 Å². The van der Waals surface area contributed by atoms with Gasteiger partial charge in [0.1, 0.15) is 5.82 Å². The number of rotatable bonds is 3. The number of nitrogens with zero attached hydrogens (tertiary/aromatic N) is 1. The minimum Gasteiger partial charge on any atom is -0.314 e. The van der Waals surface area contributed by atoms with Crippen molar-refractivity contribution in [3.05, 3.63) is 45.8 Å². The first-order valence-corrected chi connectivity index (χ1v) is 6.82. The number of hydrogen-bond acceptors (Lipinski definition) is 2. The number of nitrogens with one attached hydrogen (secondary N) is 1. The van der Waals surface area contributed by atoms with Crippen LogP contribution in [0.4, 0.5) is 4.39 Å². The molecule has 2 rings (SSSR count). The summed E-state index contributed by atoms with van der Waals surface area (Å²) < 4.78 is 14.9. The van der Waals surface area contributed by atoms with Crippen LogP contribution >= 0.6 is 47.4 Å². The summed E-state index contributed by atoms with van der Waals surface area (Å²) in [5, 5.41) is 3.30. The van der Waals surface area contributed by atoms with Crippen molar-refractivity contribution in [3.63, 3.8) is 0 Å². The van der Waals surface area contributed by atoms with Gasteiger partial charge in [-0.1, -0.05) is 6.08 Å². The van der Waals surface area contributed by atoms with E-state index in [-0.39, 0.29) is 36.7 Å². The SMILES string of the molecule is C=C[C@@H](c1cc(I)ccc1F)N1CCNCC1.Cl.Cl. The zero-order valence-electron chi connectivity index (χ0n) is 10.4. The van der Waals surface area contributed by atoms with Crippen molar-refractivity contribution in [1.82, 2.24) is 10.2 Å². The second kappa shape index (κ2) is 9.13. The van der Waals surface area contributed by atoms with E-state index in [9.17, 15) is 4.39 Å². The molecule has 0 amide bonds. The molecule has 0 aromatic heterocycles. The van der Waals surface area contributed by atoms with E-state index in [0.29, 0.717) is 0 Å². The van der Waals surface area contributed by atoms with Crippen LogP contribution in [-0.4, -0.2) is 31.1 Å². The van der Waals surface area contributed by atoms with Crippen molar-refractivity contribution in [2.75, 3.05) is 26.2 Å². The van der Waals surface area contributed by atoms with E-state index in [0.717, 1.165) is 35.3 Å². The first-order chi connectivity index (χ1) is 8.22. The highest BCUT2D eigenvalue weighted by Crippen LogP contribution is 2.26. The highest BCUT2D eigenvalue weighted by molar-refractivity contribution is 14.1. The Morgan fingerprint density at radius 3 is 2.53 bits per heavy atom. The molecule has 6 heteroatoms. The third kappa shape index (κ3) is 4.86. The van der Waals surface area contributed by atoms with Gasteiger partial charge in [0.25, 0.3) is 0 Å². The number of piperazine rings is 1. The van der Waals surface area contributed by atoms with Gasteiger partial charge in [0.05, 0.1) is 6.04 Å². The summed E-state index contributed by atoms with van der Waals surface area (Å²) in [7, 11) is 0. The predicted molar refractivity (Wildman–Crippen MR) is 91.0 cm³/mol. The lowest BCUT2D eigenvalue weighted by Gasteiger charge is -2.33. The molecule has 1 aliphatic rings. The van der Waals surface area contributed by atoms with Crippen molar-refractivity contribution in [1.29, 1.82) is 0 Å². The van der Waals surface area contributed by atoms with Crippen molar-refractivity contribution >= 4 is 47.4 Å². The van der Waals surface area contributed by atoms with Crippen LogP contribution in [0.25, 0.3) is 0 Å². The predicted octanol–water partition coefficient (Wildman–Crippen LogP) is 3.41. The molecule has 19 heavy (non-hydrogen) atoms. The summed E-state index contributed by atoms with van der Waals surface area (Å²) in [5.41, 5.74) is 0.730. The lowest BCUT2D eigenvalue weighted by molar-refractivity contribution is 0.200. The van der Waals surface area contributed by atoms with Gasteiger partial charge in [-0.3, -0.25) is 4.90 Å². The minimum absolute atomic E-state index is 0. The molecule has 0 aliphatic carbocycles. The third-order valence-electron chi connectivity index (χ3n) is 3.04. The number of benzene rings is 1. The van der Waals surface area contributed by atoms with Gasteiger partial charge in [0.2, 0.25) is 0 Å². The summed E-state index contributed by atoms with van der Waals surface area (Å²) in [5.74, 6) is -0.145. The Kier molecular flexibility index (Phi) is 9.19. The quantitative estimate of drug-likeness (QED) is 0.597. The highest BCUT2D eigenvalue weighted by atomic mass is 127. The van der Waals surface area contributed by atoms with Gasteiger partial charge >= 0.3 is 0 Å². The van der Waals surface area contributed by atoms with Crippen LogP contribution in [0, 0.1) is 9.39 Å². The van der Waals surface area contributed by atoms with Gasteiger partial charge in [0, 0.05) is 35.3 Å². The van der Waals surface area contributed by atoms with Gasteiger partial charge < -0.3 is 5.32 Å². The zero-order valence-corrected chi connectivity index (χ0v) is 14.2. The second-order valence-corrected chi connectivity index (χ2v) is 5.38. The lowest BCUT2D eigenvalue weighted by Crippen LogP contribution is -2.44. The summed E-state index contributed by atoms with van der Waals surface area (Å²) in [6.07, 6.45) is 1.83. The van der Waals surface area contributed by atoms with E-state index in [1.165, 1.54) is 6.07 Å². The first kappa shape index (κ1) is 19.1. The molecule has 1 saturated heterocycles. The van der Waals surface area contributed by atoms with Gasteiger partial charge in [-0.15, -0.1) is 31.4 Å². The fraction of sp³-hybridized carbons (Fsp3) is 0.385. The second-order valence-electron chi connectivity index (χ2n) is 4.13. The first-order valence-electron chi connectivity index (χ1n) is 5.74. The standard InChI is InChI=1S/C13H16FIN2.2ClH/c1-2-13(17-7-5-16-6-8-17)11-9-10(15)3-4-12(11)14;;/h2-4,9,13,16H,1,5-8H2;2*1H/t13-;;/m0../s1. The minimum atomic E-state index is -0.145. The van der Waals surface area contributed by atoms with E-state index in [2.05, 4.69) is 39.4 Å². The molecule has 1 aromatic carbocycles. The van der Waals surface area contributed by atoms with E-state index in [1.807, 2.05) is 12.1 Å². The summed E-state index contributed by atoms with van der Waals surface area (Å²) in [6, 6.07) is 5.21. The average Bonchev–Trinajstić information content (AvgIpc) is 2.36. The Hall–Kier alpha value is 0.120. The fourth-order valence-corrected chi connectivity index (χ4v) is 2.69. The molecular formula is C13H18Cl2FIN2. The Bertz CT molecular complexity index is 412. The smallest absolute Gasteiger partial charge is 0.128 e. The van der Waals surface area contributed by atoms with Crippen LogP contribution in [0.3, 0.4) is 0 Å². The maximum Gasteiger partial charge on any atom is 0.128 e. The number of hydrogen-bond donors (Lipinski definition) is 1. The molecular weight excluding hydrogens is 401 g/mol. The molecule has 2 nitrogen and oxygen atoms in total. The molecule has 0 radical (unpaired) electrons. The van der Waals surface area contributed by atoms with Crippen LogP contribution in [-0.2, 0) is 0 Å². The largest absolute Gasteiger partial charge is 0.314 e. The van der Waals surface area contributed by atoms with Gasteiger partial charge in [-0.05, 0) is 40.8 Å². The Balaban J connectivity index is 0.00000162. The Labute approximate surface area is 139 Å². The Morgan fingerprint density at radius 1 is 1.32 bits per heavy atom. The molecule has 0 unspecified atom stereocenters. The van der Waals surface area contributed by atoms with E-state index >= 15 is 0 Å². The molecule has 1 fully saturated rings. The van der Waals surface area contributed by atoms with Gasteiger partial charge in [-0.25, -0.2) is 4.39 Å². The average molecular weight is 419 g/mol. The molecule has 1 aliphatic heterocycles. The van der Waals surface area contributed by atoms with Crippen molar-refractivity contribution in [3.8, 4) is 0 Å². The molecule has 108 valence electrons. The molecule has 1 N–H and O–H groups in total. The van der Waals surface area contributed by atoms with Crippen LogP contribution in [0.2, 0.25) is 0 Å². The maximum atomic E-state index is 13.9. The molecule has 1 atom stereocenters. The van der Waals surface area contributed by atoms with E-state index in [4.69, 9.17) is 0 Å². The number of halogens is 4. The van der Waals surface area contributed by atoms with Crippen molar-refractivity contribution in [2.24, 2.45) is 0 Å². The summed E-state index contributed by atoms with van der Waals surface area (Å²) in [6.45, 7) is 7.62. The topological polar surface area (TPSA) is 15.3 Å². The third-order valence-corrected chi connectivity index (χ3v) is 3.72. The van der Waals surface area contributed by atoms with Crippen LogP contribution in [0.5, 0.6) is 0 Å². The van der Waals surface area contributed by atoms with Crippen LogP contribution in [0.15, 0.2) is 30.9 Å². The van der Waals surface area contributed by atoms with Crippen LogP contribution < -0.4 is 5.32 Å². The highest BCUT2D eigenvalue weighted by Gasteiger charge is 2.21. The summed E-state index contributed by atoms with van der Waals surface area (Å²) in [4.78, 5) is 2.26. The maximum absolute atomic E-state index is 13.9. The molecule has 0 bridgehead atoms. The molecule has 0 spiro atoms. The van der Waals surface area contributed by atoms with Crippen LogP contribution in [0.1, 0.15) is 11.6 Å². The molecule has 1 heterocycles. The van der Waals surface area contributed by atoms with E-state index in [1.54, 1.807) is 6.07 Å². The molecule has 0 saturated carbocycles. The van der Waals surface area contributed by atoms with Gasteiger partial charge in [-0.2, -0.15) is 0 Å².